The van der Waals surface area contributed by atoms with Crippen LogP contribution in [0.4, 0.5) is 23.7 Å². The van der Waals surface area contributed by atoms with E-state index in [-0.39, 0.29) is 11.9 Å². The number of ether oxygens (including phenoxy) is 1. The van der Waals surface area contributed by atoms with Gasteiger partial charge in [0.05, 0.1) is 18.1 Å². The molecule has 11 nitrogen and oxygen atoms in total. The lowest BCUT2D eigenvalue weighted by Crippen LogP contribution is -2.44. The number of hydrogen-bond acceptors (Lipinski definition) is 7. The average Bonchev–Trinajstić information content (AvgIpc) is 3.39. The normalized spacial score (nSPS) is 15.7. The van der Waals surface area contributed by atoms with Crippen LogP contribution in [0.3, 0.4) is 0 Å². The van der Waals surface area contributed by atoms with Crippen LogP contribution in [0.2, 0.25) is 0 Å². The number of alkyl halides is 3. The van der Waals surface area contributed by atoms with Gasteiger partial charge < -0.3 is 26.0 Å². The molecule has 1 aromatic carbocycles. The van der Waals surface area contributed by atoms with Gasteiger partial charge in [0.2, 0.25) is 5.91 Å². The maximum atomic E-state index is 12.9. The van der Waals surface area contributed by atoms with Crippen LogP contribution in [0.25, 0.3) is 22.5 Å². The monoisotopic (exact) mass is 572 g/mol. The van der Waals surface area contributed by atoms with E-state index in [0.29, 0.717) is 46.9 Å². The Hall–Kier alpha value is -4.46. The topological polar surface area (TPSA) is 139 Å². The van der Waals surface area contributed by atoms with Crippen LogP contribution in [0.1, 0.15) is 25.3 Å². The molecule has 218 valence electrons. The Labute approximate surface area is 234 Å². The molecule has 1 fully saturated rings. The van der Waals surface area contributed by atoms with Crippen molar-refractivity contribution in [3.8, 4) is 11.3 Å². The molecule has 1 saturated heterocycles. The number of nitrogens with two attached hydrogens (primary N) is 1. The van der Waals surface area contributed by atoms with Crippen LogP contribution in [0.15, 0.2) is 53.9 Å². The molecule has 0 saturated carbocycles. The van der Waals surface area contributed by atoms with Crippen LogP contribution in [-0.4, -0.2) is 82.7 Å². The number of anilines is 1. The summed E-state index contributed by atoms with van der Waals surface area (Å²) < 4.78 is 44.0. The van der Waals surface area contributed by atoms with Crippen molar-refractivity contribution in [2.45, 2.75) is 38.0 Å². The van der Waals surface area contributed by atoms with E-state index in [1.54, 1.807) is 71.4 Å². The molecule has 0 bridgehead atoms. The fourth-order valence-corrected chi connectivity index (χ4v) is 4.36. The minimum Gasteiger partial charge on any atom is -0.404 e. The minimum absolute atomic E-state index is 0.0921. The first-order valence-electron chi connectivity index (χ1n) is 12.9. The van der Waals surface area contributed by atoms with E-state index < -0.39 is 24.8 Å². The largest absolute Gasteiger partial charge is 0.405 e. The number of allylic oxidation sites excluding steroid dienone is 1. The van der Waals surface area contributed by atoms with Gasteiger partial charge in [-0.3, -0.25) is 9.79 Å². The molecular formula is C27H31F3N8O3. The van der Waals surface area contributed by atoms with Gasteiger partial charge >= 0.3 is 12.2 Å². The number of halogens is 3. The highest BCUT2D eigenvalue weighted by atomic mass is 19.4. The average molecular weight is 573 g/mol. The van der Waals surface area contributed by atoms with Gasteiger partial charge in [-0.05, 0) is 38.0 Å². The molecule has 4 N–H and O–H groups in total. The number of aromatic nitrogens is 3. The highest BCUT2D eigenvalue weighted by molar-refractivity contribution is 6.10. The van der Waals surface area contributed by atoms with E-state index in [1.165, 1.54) is 12.4 Å². The molecule has 1 aliphatic heterocycles. The smallest absolute Gasteiger partial charge is 0.404 e. The highest BCUT2D eigenvalue weighted by Crippen LogP contribution is 2.24. The second-order valence-corrected chi connectivity index (χ2v) is 9.53. The fourth-order valence-electron chi connectivity index (χ4n) is 4.36. The van der Waals surface area contributed by atoms with Gasteiger partial charge in [0, 0.05) is 61.1 Å². The Morgan fingerprint density at radius 1 is 1.27 bits per heavy atom. The van der Waals surface area contributed by atoms with Gasteiger partial charge in [-0.2, -0.15) is 18.3 Å². The third kappa shape index (κ3) is 7.60. The number of carbonyl (C=O) groups is 2. The van der Waals surface area contributed by atoms with Gasteiger partial charge in [-0.1, -0.05) is 12.1 Å². The zero-order chi connectivity index (χ0) is 29.6. The summed E-state index contributed by atoms with van der Waals surface area (Å²) in [6.07, 6.45) is 3.15. The Balaban J connectivity index is 1.46. The molecule has 1 aliphatic rings. The van der Waals surface area contributed by atoms with Crippen molar-refractivity contribution in [1.29, 1.82) is 0 Å². The van der Waals surface area contributed by atoms with E-state index in [0.717, 1.165) is 12.8 Å². The first-order chi connectivity index (χ1) is 19.6. The zero-order valence-corrected chi connectivity index (χ0v) is 22.6. The van der Waals surface area contributed by atoms with Crippen LogP contribution in [-0.2, 0) is 9.53 Å². The quantitative estimate of drug-likeness (QED) is 0.353. The van der Waals surface area contributed by atoms with Crippen LogP contribution < -0.4 is 16.4 Å². The third-order valence-electron chi connectivity index (χ3n) is 6.62. The summed E-state index contributed by atoms with van der Waals surface area (Å²) in [7, 11) is 1.78. The molecule has 3 amide bonds. The molecule has 0 radical (unpaired) electrons. The van der Waals surface area contributed by atoms with Crippen LogP contribution >= 0.6 is 0 Å². The maximum Gasteiger partial charge on any atom is 0.405 e. The number of urea groups is 1. The van der Waals surface area contributed by atoms with Crippen molar-refractivity contribution < 1.29 is 27.5 Å². The van der Waals surface area contributed by atoms with E-state index in [4.69, 9.17) is 10.5 Å². The van der Waals surface area contributed by atoms with E-state index in [1.807, 2.05) is 0 Å². The minimum atomic E-state index is -4.51. The van der Waals surface area contributed by atoms with Gasteiger partial charge in [-0.25, -0.2) is 14.3 Å². The maximum absolute atomic E-state index is 12.9. The third-order valence-corrected chi connectivity index (χ3v) is 6.62. The van der Waals surface area contributed by atoms with Crippen molar-refractivity contribution in [3.63, 3.8) is 0 Å². The molecule has 0 aliphatic carbocycles. The van der Waals surface area contributed by atoms with Crippen molar-refractivity contribution in [2.24, 2.45) is 10.7 Å². The molecule has 14 heteroatoms. The molecule has 1 unspecified atom stereocenters. The number of amides is 3. The second-order valence-electron chi connectivity index (χ2n) is 9.53. The van der Waals surface area contributed by atoms with Gasteiger partial charge in [0.25, 0.3) is 0 Å². The number of likely N-dealkylation sites (N-methyl/N-ethyl adjacent to an activating group) is 1. The summed E-state index contributed by atoms with van der Waals surface area (Å²) >= 11 is 0. The first-order valence-corrected chi connectivity index (χ1v) is 12.9. The Morgan fingerprint density at radius 3 is 2.73 bits per heavy atom. The predicted octanol–water partition coefficient (Wildman–Crippen LogP) is 3.48. The number of nitrogens with one attached hydrogen (secondary N) is 2. The molecule has 41 heavy (non-hydrogen) atoms. The molecule has 4 rings (SSSR count). The Morgan fingerprint density at radius 2 is 2.02 bits per heavy atom. The fraction of sp³-hybridized carbons (Fsp3) is 0.370. The molecule has 3 heterocycles. The molecule has 0 spiro atoms. The summed E-state index contributed by atoms with van der Waals surface area (Å²) in [5.41, 5.74) is 9.06. The van der Waals surface area contributed by atoms with Crippen molar-refractivity contribution in [3.05, 3.63) is 54.5 Å². The Kier molecular flexibility index (Phi) is 9.22. The lowest BCUT2D eigenvalue weighted by Gasteiger charge is -2.32. The van der Waals surface area contributed by atoms with E-state index in [2.05, 4.69) is 20.4 Å². The van der Waals surface area contributed by atoms with Crippen LogP contribution in [0.5, 0.6) is 0 Å². The lowest BCUT2D eigenvalue weighted by atomic mass is 10.1. The number of fused-ring (bicyclic) bond motifs is 1. The molecule has 3 aromatic rings. The van der Waals surface area contributed by atoms with E-state index in [9.17, 15) is 22.8 Å². The summed E-state index contributed by atoms with van der Waals surface area (Å²) in [6.45, 7) is 1.56. The van der Waals surface area contributed by atoms with Crippen LogP contribution in [0, 0.1) is 0 Å². The molecular weight excluding hydrogens is 541 g/mol. The van der Waals surface area contributed by atoms with Crippen molar-refractivity contribution in [1.82, 2.24) is 24.8 Å². The second kappa shape index (κ2) is 12.8. The standard InChI is InChI=1S/C27H31F3N8O3/c1-17(25(39)37(2)22-6-8-41-9-7-22)32-13-20(12-31)19-11-24-33-15-23(38(24)35-14-19)18-4-3-5-21(10-18)36-26(40)34-16-27(28,29)30/h3-5,10-15,17,22H,6-9,16,31H2,1-2H3,(H2,34,36,40). The van der Waals surface area contributed by atoms with Gasteiger partial charge in [-0.15, -0.1) is 0 Å². The number of aliphatic imine (C=N–C) groups is 1. The predicted molar refractivity (Wildman–Crippen MR) is 148 cm³/mol. The lowest BCUT2D eigenvalue weighted by molar-refractivity contribution is -0.134. The molecule has 2 aromatic heterocycles. The number of hydrogen-bond donors (Lipinski definition) is 3. The highest BCUT2D eigenvalue weighted by Gasteiger charge is 2.28. The van der Waals surface area contributed by atoms with Crippen molar-refractivity contribution >= 4 is 35.1 Å². The Bertz CT molecular complexity index is 1450. The van der Waals surface area contributed by atoms with Gasteiger partial charge in [0.15, 0.2) is 5.65 Å². The van der Waals surface area contributed by atoms with E-state index >= 15 is 0 Å². The SMILES string of the molecule is CC(N=CC(=CN)c1cnn2c(-c3cccc(NC(=O)NCC(F)(F)F)c3)cnc2c1)C(=O)N(C)C1CCOCC1. The summed E-state index contributed by atoms with van der Waals surface area (Å²) in [5, 5.41) is 8.62. The first kappa shape index (κ1) is 29.5. The number of imidazole rings is 1. The van der Waals surface area contributed by atoms with Crippen molar-refractivity contribution in [2.75, 3.05) is 32.1 Å². The summed E-state index contributed by atoms with van der Waals surface area (Å²) in [5.74, 6) is -0.0921. The number of rotatable bonds is 8. The summed E-state index contributed by atoms with van der Waals surface area (Å²) in [4.78, 5) is 35.3. The summed E-state index contributed by atoms with van der Waals surface area (Å²) in [6, 6.07) is 6.85. The number of nitrogens with zero attached hydrogens (tertiary/aromatic N) is 5. The zero-order valence-electron chi connectivity index (χ0n) is 22.6. The number of carbonyl (C=O) groups excluding carboxylic acids is 2. The molecule has 1 atom stereocenters. The van der Waals surface area contributed by atoms with Gasteiger partial charge in [0.1, 0.15) is 12.6 Å². The number of benzene rings is 1.